The van der Waals surface area contributed by atoms with Crippen molar-refractivity contribution in [3.05, 3.63) is 60.9 Å². The number of rotatable bonds is 3. The Bertz CT molecular complexity index is 412. The molecular weight excluding hydrogens is 172 g/mol. The molecule has 0 aliphatic rings. The molecule has 1 heteroatoms. The Hall–Kier alpha value is -1.76. The van der Waals surface area contributed by atoms with Crippen molar-refractivity contribution in [3.8, 4) is 11.3 Å². The molecule has 0 saturated heterocycles. The summed E-state index contributed by atoms with van der Waals surface area (Å²) in [5.41, 5.74) is 2.31. The van der Waals surface area contributed by atoms with Crippen LogP contribution in [-0.4, -0.2) is 0 Å². The van der Waals surface area contributed by atoms with Crippen molar-refractivity contribution in [1.29, 1.82) is 0 Å². The second kappa shape index (κ2) is 3.97. The van der Waals surface area contributed by atoms with Crippen molar-refractivity contribution in [2.45, 2.75) is 6.42 Å². The summed E-state index contributed by atoms with van der Waals surface area (Å²) in [5.74, 6) is 0.950. The van der Waals surface area contributed by atoms with Crippen molar-refractivity contribution in [1.82, 2.24) is 0 Å². The molecule has 0 amide bonds. The van der Waals surface area contributed by atoms with E-state index in [9.17, 15) is 0 Å². The van der Waals surface area contributed by atoms with E-state index in [-0.39, 0.29) is 0 Å². The molecule has 1 heterocycles. The Labute approximate surface area is 83.7 Å². The molecule has 0 bridgehead atoms. The van der Waals surface area contributed by atoms with E-state index in [1.165, 1.54) is 5.56 Å². The molecule has 1 nitrogen and oxygen atoms in total. The molecule has 0 atom stereocenters. The van der Waals surface area contributed by atoms with Gasteiger partial charge in [-0.2, -0.15) is 0 Å². The maximum absolute atomic E-state index is 5.46. The van der Waals surface area contributed by atoms with Crippen molar-refractivity contribution in [2.24, 2.45) is 0 Å². The van der Waals surface area contributed by atoms with E-state index in [2.05, 4.69) is 6.58 Å². The van der Waals surface area contributed by atoms with Crippen molar-refractivity contribution < 1.29 is 4.42 Å². The zero-order chi connectivity index (χ0) is 9.80. The third-order valence-corrected chi connectivity index (χ3v) is 2.15. The fourth-order valence-corrected chi connectivity index (χ4v) is 1.49. The Balaban J connectivity index is 2.41. The summed E-state index contributed by atoms with van der Waals surface area (Å²) >= 11 is 0. The van der Waals surface area contributed by atoms with Gasteiger partial charge in [0.1, 0.15) is 5.76 Å². The summed E-state index contributed by atoms with van der Waals surface area (Å²) in [6, 6.07) is 12.1. The summed E-state index contributed by atoms with van der Waals surface area (Å²) in [5, 5.41) is 0. The van der Waals surface area contributed by atoms with Gasteiger partial charge in [-0.05, 0) is 12.5 Å². The quantitative estimate of drug-likeness (QED) is 0.663. The lowest BCUT2D eigenvalue weighted by atomic mass is 10.1. The van der Waals surface area contributed by atoms with Crippen LogP contribution in [0.5, 0.6) is 0 Å². The van der Waals surface area contributed by atoms with Gasteiger partial charge >= 0.3 is 0 Å². The number of benzene rings is 1. The predicted molar refractivity (Wildman–Crippen MR) is 58.0 cm³/mol. The maximum atomic E-state index is 5.46. The molecule has 0 spiro atoms. The van der Waals surface area contributed by atoms with Crippen LogP contribution < -0.4 is 0 Å². The summed E-state index contributed by atoms with van der Waals surface area (Å²) in [4.78, 5) is 0. The zero-order valence-electron chi connectivity index (χ0n) is 7.94. The zero-order valence-corrected chi connectivity index (χ0v) is 7.94. The predicted octanol–water partition coefficient (Wildman–Crippen LogP) is 3.68. The molecule has 2 rings (SSSR count). The second-order valence-electron chi connectivity index (χ2n) is 3.13. The topological polar surface area (TPSA) is 13.1 Å². The molecule has 1 aromatic heterocycles. The molecule has 70 valence electrons. The minimum absolute atomic E-state index is 0.848. The van der Waals surface area contributed by atoms with E-state index in [1.807, 2.05) is 42.5 Å². The first-order valence-corrected chi connectivity index (χ1v) is 4.64. The van der Waals surface area contributed by atoms with Gasteiger partial charge in [-0.15, -0.1) is 6.58 Å². The van der Waals surface area contributed by atoms with Crippen molar-refractivity contribution in [3.63, 3.8) is 0 Å². The molecule has 1 aromatic carbocycles. The minimum atomic E-state index is 0.848. The Morgan fingerprint density at radius 2 is 1.93 bits per heavy atom. The van der Waals surface area contributed by atoms with E-state index in [4.69, 9.17) is 4.42 Å². The van der Waals surface area contributed by atoms with Gasteiger partial charge in [0.25, 0.3) is 0 Å². The lowest BCUT2D eigenvalue weighted by molar-refractivity contribution is 0.580. The first-order valence-electron chi connectivity index (χ1n) is 4.64. The van der Waals surface area contributed by atoms with Gasteiger partial charge in [0.2, 0.25) is 0 Å². The molecule has 0 saturated carbocycles. The van der Waals surface area contributed by atoms with Crippen LogP contribution >= 0.6 is 0 Å². The van der Waals surface area contributed by atoms with Crippen LogP contribution in [-0.2, 0) is 6.42 Å². The summed E-state index contributed by atoms with van der Waals surface area (Å²) < 4.78 is 5.46. The van der Waals surface area contributed by atoms with E-state index >= 15 is 0 Å². The number of furan rings is 1. The van der Waals surface area contributed by atoms with Crippen LogP contribution in [0.15, 0.2) is 59.7 Å². The Morgan fingerprint density at radius 3 is 2.64 bits per heavy atom. The van der Waals surface area contributed by atoms with Crippen LogP contribution in [0.4, 0.5) is 0 Å². The molecule has 0 aliphatic carbocycles. The summed E-state index contributed by atoms with van der Waals surface area (Å²) in [6.45, 7) is 3.73. The highest BCUT2D eigenvalue weighted by atomic mass is 16.3. The monoisotopic (exact) mass is 184 g/mol. The molecule has 2 aromatic rings. The van der Waals surface area contributed by atoms with Gasteiger partial charge in [-0.3, -0.25) is 0 Å². The van der Waals surface area contributed by atoms with E-state index in [0.29, 0.717) is 0 Å². The average Bonchev–Trinajstić information content (AvgIpc) is 2.68. The summed E-state index contributed by atoms with van der Waals surface area (Å²) in [7, 11) is 0. The molecule has 0 N–H and O–H groups in total. The normalized spacial score (nSPS) is 10.0. The van der Waals surface area contributed by atoms with Crippen LogP contribution in [0.25, 0.3) is 11.3 Å². The third kappa shape index (κ3) is 1.62. The van der Waals surface area contributed by atoms with E-state index < -0.39 is 0 Å². The van der Waals surface area contributed by atoms with Crippen molar-refractivity contribution in [2.75, 3.05) is 0 Å². The van der Waals surface area contributed by atoms with Gasteiger partial charge in [-0.1, -0.05) is 36.4 Å². The van der Waals surface area contributed by atoms with Crippen LogP contribution in [0.1, 0.15) is 5.56 Å². The number of allylic oxidation sites excluding steroid dienone is 1. The van der Waals surface area contributed by atoms with E-state index in [0.717, 1.165) is 17.7 Å². The Morgan fingerprint density at radius 1 is 1.14 bits per heavy atom. The lowest BCUT2D eigenvalue weighted by Crippen LogP contribution is -1.81. The van der Waals surface area contributed by atoms with Gasteiger partial charge in [-0.25, -0.2) is 0 Å². The lowest BCUT2D eigenvalue weighted by Gasteiger charge is -1.99. The van der Waals surface area contributed by atoms with E-state index in [1.54, 1.807) is 6.26 Å². The van der Waals surface area contributed by atoms with Gasteiger partial charge in [0.05, 0.1) is 6.26 Å². The molecule has 0 radical (unpaired) electrons. The molecule has 14 heavy (non-hydrogen) atoms. The summed E-state index contributed by atoms with van der Waals surface area (Å²) in [6.07, 6.45) is 4.46. The number of hydrogen-bond donors (Lipinski definition) is 0. The maximum Gasteiger partial charge on any atom is 0.137 e. The number of hydrogen-bond acceptors (Lipinski definition) is 1. The standard InChI is InChI=1S/C13H12O/c1-2-6-11-9-10-14-13(11)12-7-4-3-5-8-12/h2-5,7-10H,1,6H2. The average molecular weight is 184 g/mol. The SMILES string of the molecule is C=CCc1ccoc1-c1ccccc1. The first kappa shape index (κ1) is 8.82. The molecule has 0 fully saturated rings. The largest absolute Gasteiger partial charge is 0.464 e. The van der Waals surface area contributed by atoms with Crippen LogP contribution in [0.2, 0.25) is 0 Å². The van der Waals surface area contributed by atoms with Crippen molar-refractivity contribution >= 4 is 0 Å². The first-order chi connectivity index (χ1) is 6.92. The molecule has 0 aliphatic heterocycles. The Kier molecular flexibility index (Phi) is 2.50. The fourth-order valence-electron chi connectivity index (χ4n) is 1.49. The highest BCUT2D eigenvalue weighted by molar-refractivity contribution is 5.61. The molecule has 0 unspecified atom stereocenters. The van der Waals surface area contributed by atoms with Crippen LogP contribution in [0, 0.1) is 0 Å². The fraction of sp³-hybridized carbons (Fsp3) is 0.0769. The smallest absolute Gasteiger partial charge is 0.137 e. The molecular formula is C13H12O. The van der Waals surface area contributed by atoms with Gasteiger partial charge in [0.15, 0.2) is 0 Å². The van der Waals surface area contributed by atoms with Gasteiger partial charge in [0, 0.05) is 11.1 Å². The van der Waals surface area contributed by atoms with Crippen LogP contribution in [0.3, 0.4) is 0 Å². The highest BCUT2D eigenvalue weighted by Gasteiger charge is 2.06. The third-order valence-electron chi connectivity index (χ3n) is 2.15. The van der Waals surface area contributed by atoms with Gasteiger partial charge < -0.3 is 4.42 Å². The minimum Gasteiger partial charge on any atom is -0.464 e. The highest BCUT2D eigenvalue weighted by Crippen LogP contribution is 2.24. The second-order valence-corrected chi connectivity index (χ2v) is 3.13.